The minimum atomic E-state index is -0.379. The SMILES string of the molecule is CCc1ccccc1N1C[C@H](C(=O)Nc2ccc3c(c2)OCCO3)CC1=O. The summed E-state index contributed by atoms with van der Waals surface area (Å²) in [4.78, 5) is 26.9. The number of aryl methyl sites for hydroxylation is 1. The van der Waals surface area contributed by atoms with Crippen molar-refractivity contribution < 1.29 is 19.1 Å². The quantitative estimate of drug-likeness (QED) is 0.903. The molecule has 2 heterocycles. The lowest BCUT2D eigenvalue weighted by Gasteiger charge is -2.20. The fraction of sp³-hybridized carbons (Fsp3) is 0.333. The second kappa shape index (κ2) is 7.31. The average molecular weight is 366 g/mol. The monoisotopic (exact) mass is 366 g/mol. The van der Waals surface area contributed by atoms with Gasteiger partial charge in [0.2, 0.25) is 11.8 Å². The van der Waals surface area contributed by atoms with Crippen LogP contribution in [0.25, 0.3) is 0 Å². The van der Waals surface area contributed by atoms with Crippen LogP contribution in [-0.4, -0.2) is 31.6 Å². The Balaban J connectivity index is 1.46. The largest absolute Gasteiger partial charge is 0.486 e. The van der Waals surface area contributed by atoms with E-state index in [0.29, 0.717) is 36.9 Å². The van der Waals surface area contributed by atoms with Gasteiger partial charge in [-0.3, -0.25) is 9.59 Å². The zero-order chi connectivity index (χ0) is 18.8. The molecule has 0 bridgehead atoms. The Morgan fingerprint density at radius 3 is 2.74 bits per heavy atom. The van der Waals surface area contributed by atoms with Crippen LogP contribution >= 0.6 is 0 Å². The van der Waals surface area contributed by atoms with E-state index in [1.54, 1.807) is 23.1 Å². The summed E-state index contributed by atoms with van der Waals surface area (Å²) in [5.41, 5.74) is 2.66. The lowest BCUT2D eigenvalue weighted by molar-refractivity contribution is -0.122. The van der Waals surface area contributed by atoms with Crippen LogP contribution < -0.4 is 19.7 Å². The molecule has 140 valence electrons. The summed E-state index contributed by atoms with van der Waals surface area (Å²) < 4.78 is 11.0. The first-order valence-corrected chi connectivity index (χ1v) is 9.24. The van der Waals surface area contributed by atoms with Crippen molar-refractivity contribution in [2.24, 2.45) is 5.92 Å². The maximum Gasteiger partial charge on any atom is 0.229 e. The molecule has 6 heteroatoms. The molecule has 0 aliphatic carbocycles. The van der Waals surface area contributed by atoms with Gasteiger partial charge in [0.05, 0.1) is 5.92 Å². The second-order valence-electron chi connectivity index (χ2n) is 6.74. The number of ether oxygens (including phenoxy) is 2. The zero-order valence-corrected chi connectivity index (χ0v) is 15.2. The highest BCUT2D eigenvalue weighted by atomic mass is 16.6. The molecule has 4 rings (SSSR count). The topological polar surface area (TPSA) is 67.9 Å². The molecule has 0 saturated carbocycles. The van der Waals surface area contributed by atoms with Gasteiger partial charge in [0.15, 0.2) is 11.5 Å². The first kappa shape index (κ1) is 17.4. The number of para-hydroxylation sites is 1. The summed E-state index contributed by atoms with van der Waals surface area (Å²) in [6, 6.07) is 13.2. The molecule has 1 atom stereocenters. The number of anilines is 2. The van der Waals surface area contributed by atoms with Crippen molar-refractivity contribution in [3.8, 4) is 11.5 Å². The highest BCUT2D eigenvalue weighted by molar-refractivity contribution is 6.04. The maximum atomic E-state index is 12.7. The number of amides is 2. The van der Waals surface area contributed by atoms with Gasteiger partial charge in [0.25, 0.3) is 0 Å². The number of hydrogen-bond donors (Lipinski definition) is 1. The third kappa shape index (κ3) is 3.47. The Bertz CT molecular complexity index is 880. The Labute approximate surface area is 158 Å². The van der Waals surface area contributed by atoms with Crippen molar-refractivity contribution in [2.75, 3.05) is 30.0 Å². The van der Waals surface area contributed by atoms with Crippen molar-refractivity contribution >= 4 is 23.2 Å². The van der Waals surface area contributed by atoms with Crippen molar-refractivity contribution in [2.45, 2.75) is 19.8 Å². The molecule has 0 spiro atoms. The molecular formula is C21H22N2O4. The number of fused-ring (bicyclic) bond motifs is 1. The van der Waals surface area contributed by atoms with Crippen LogP contribution in [0.3, 0.4) is 0 Å². The molecular weight excluding hydrogens is 344 g/mol. The zero-order valence-electron chi connectivity index (χ0n) is 15.2. The molecule has 1 N–H and O–H groups in total. The van der Waals surface area contributed by atoms with Gasteiger partial charge in [-0.25, -0.2) is 0 Å². The van der Waals surface area contributed by atoms with Crippen LogP contribution in [0.1, 0.15) is 18.9 Å². The van der Waals surface area contributed by atoms with Crippen LogP contribution in [0, 0.1) is 5.92 Å². The summed E-state index contributed by atoms with van der Waals surface area (Å²) in [5.74, 6) is 0.753. The summed E-state index contributed by atoms with van der Waals surface area (Å²) in [6.07, 6.45) is 1.06. The van der Waals surface area contributed by atoms with E-state index in [4.69, 9.17) is 9.47 Å². The molecule has 0 unspecified atom stereocenters. The van der Waals surface area contributed by atoms with E-state index in [1.807, 2.05) is 24.3 Å². The second-order valence-corrected chi connectivity index (χ2v) is 6.74. The number of benzene rings is 2. The van der Waals surface area contributed by atoms with Gasteiger partial charge in [0, 0.05) is 30.4 Å². The Morgan fingerprint density at radius 1 is 1.15 bits per heavy atom. The molecule has 0 radical (unpaired) electrons. The summed E-state index contributed by atoms with van der Waals surface area (Å²) in [5, 5.41) is 2.90. The van der Waals surface area contributed by atoms with Crippen LogP contribution in [0.5, 0.6) is 11.5 Å². The first-order chi connectivity index (χ1) is 13.2. The minimum Gasteiger partial charge on any atom is -0.486 e. The summed E-state index contributed by atoms with van der Waals surface area (Å²) in [7, 11) is 0. The van der Waals surface area contributed by atoms with Gasteiger partial charge in [-0.1, -0.05) is 25.1 Å². The van der Waals surface area contributed by atoms with E-state index in [9.17, 15) is 9.59 Å². The Hall–Kier alpha value is -3.02. The van der Waals surface area contributed by atoms with E-state index in [0.717, 1.165) is 17.7 Å². The van der Waals surface area contributed by atoms with Crippen molar-refractivity contribution in [3.63, 3.8) is 0 Å². The molecule has 2 aromatic rings. The molecule has 2 aliphatic rings. The molecule has 1 saturated heterocycles. The number of carbonyl (C=O) groups excluding carboxylic acids is 2. The molecule has 2 amide bonds. The number of nitrogens with one attached hydrogen (secondary N) is 1. The molecule has 2 aliphatic heterocycles. The summed E-state index contributed by atoms with van der Waals surface area (Å²) in [6.45, 7) is 3.48. The van der Waals surface area contributed by atoms with E-state index in [-0.39, 0.29) is 24.2 Å². The van der Waals surface area contributed by atoms with Crippen molar-refractivity contribution in [3.05, 3.63) is 48.0 Å². The highest BCUT2D eigenvalue weighted by Gasteiger charge is 2.35. The Morgan fingerprint density at radius 2 is 1.93 bits per heavy atom. The van der Waals surface area contributed by atoms with Crippen molar-refractivity contribution in [1.82, 2.24) is 0 Å². The lowest BCUT2D eigenvalue weighted by atomic mass is 10.1. The maximum absolute atomic E-state index is 12.7. The van der Waals surface area contributed by atoms with Gasteiger partial charge in [-0.15, -0.1) is 0 Å². The number of carbonyl (C=O) groups is 2. The standard InChI is InChI=1S/C21H22N2O4/c1-2-14-5-3-4-6-17(14)23-13-15(11-20(23)24)21(25)22-16-7-8-18-19(12-16)27-10-9-26-18/h3-8,12,15H,2,9-11,13H2,1H3,(H,22,25)/t15-/m1/s1. The normalized spacial score (nSPS) is 18.5. The smallest absolute Gasteiger partial charge is 0.229 e. The molecule has 1 fully saturated rings. The predicted octanol–water partition coefficient (Wildman–Crippen LogP) is 3.01. The highest BCUT2D eigenvalue weighted by Crippen LogP contribution is 2.33. The van der Waals surface area contributed by atoms with Crippen LogP contribution in [0.4, 0.5) is 11.4 Å². The van der Waals surface area contributed by atoms with Crippen LogP contribution in [0.15, 0.2) is 42.5 Å². The Kier molecular flexibility index (Phi) is 4.71. The third-order valence-electron chi connectivity index (χ3n) is 4.97. The van der Waals surface area contributed by atoms with Crippen molar-refractivity contribution in [1.29, 1.82) is 0 Å². The predicted molar refractivity (Wildman–Crippen MR) is 102 cm³/mol. The van der Waals surface area contributed by atoms with E-state index < -0.39 is 0 Å². The molecule has 2 aromatic carbocycles. The number of hydrogen-bond acceptors (Lipinski definition) is 4. The fourth-order valence-corrected chi connectivity index (χ4v) is 3.55. The van der Waals surface area contributed by atoms with Gasteiger partial charge in [0.1, 0.15) is 13.2 Å². The number of rotatable bonds is 4. The average Bonchev–Trinajstić information content (AvgIpc) is 3.09. The lowest BCUT2D eigenvalue weighted by Crippen LogP contribution is -2.28. The fourth-order valence-electron chi connectivity index (χ4n) is 3.55. The van der Waals surface area contributed by atoms with E-state index >= 15 is 0 Å². The third-order valence-corrected chi connectivity index (χ3v) is 4.97. The minimum absolute atomic E-state index is 0.0155. The van der Waals surface area contributed by atoms with Gasteiger partial charge in [-0.2, -0.15) is 0 Å². The van der Waals surface area contributed by atoms with Gasteiger partial charge in [-0.05, 0) is 30.2 Å². The summed E-state index contributed by atoms with van der Waals surface area (Å²) >= 11 is 0. The van der Waals surface area contributed by atoms with Gasteiger partial charge >= 0.3 is 0 Å². The first-order valence-electron chi connectivity index (χ1n) is 9.24. The molecule has 27 heavy (non-hydrogen) atoms. The van der Waals surface area contributed by atoms with Crippen LogP contribution in [0.2, 0.25) is 0 Å². The molecule has 0 aromatic heterocycles. The van der Waals surface area contributed by atoms with Crippen LogP contribution in [-0.2, 0) is 16.0 Å². The molecule has 6 nitrogen and oxygen atoms in total. The van der Waals surface area contributed by atoms with Gasteiger partial charge < -0.3 is 19.7 Å². The van der Waals surface area contributed by atoms with E-state index in [2.05, 4.69) is 12.2 Å². The van der Waals surface area contributed by atoms with E-state index in [1.165, 1.54) is 0 Å². The number of nitrogens with zero attached hydrogens (tertiary/aromatic N) is 1.